The summed E-state index contributed by atoms with van der Waals surface area (Å²) in [4.78, 5) is 31.3. The van der Waals surface area contributed by atoms with Crippen LogP contribution in [0.15, 0.2) is 55.1 Å². The second-order valence-electron chi connectivity index (χ2n) is 13.3. The second kappa shape index (κ2) is 14.1. The second-order valence-corrected chi connectivity index (χ2v) is 13.3. The molecule has 1 aromatic carbocycles. The largest absolute Gasteiger partial charge is 0.379 e. The fraction of sp³-hybridized carbons (Fsp3) is 0.441. The number of piperazine rings is 1. The standard InChI is InChI=1S/C34H45N11O2/c1-24-6-7-27(38-33(46)25-16-26(21-35-20-25)34(2,3)4)17-29(24)39-32-18-28(22-43-12-14-47-15-13-43)40-45(32)31-19-30(36-23-37-31)41-44-10-8-42(5)9-11-44/h6-7,16-21,23,39H,8-15,22H2,1-5H3,(H,38,46)(H,36,37,41). The molecule has 0 atom stereocenters. The number of pyridine rings is 1. The van der Waals surface area contributed by atoms with Crippen molar-refractivity contribution in [2.45, 2.75) is 39.7 Å². The van der Waals surface area contributed by atoms with Gasteiger partial charge < -0.3 is 25.7 Å². The van der Waals surface area contributed by atoms with Gasteiger partial charge >= 0.3 is 0 Å². The smallest absolute Gasteiger partial charge is 0.257 e. The molecule has 2 aliphatic heterocycles. The third-order valence-corrected chi connectivity index (χ3v) is 8.52. The Labute approximate surface area is 276 Å². The number of benzene rings is 1. The molecule has 0 bridgehead atoms. The molecule has 3 N–H and O–H groups in total. The molecule has 2 saturated heterocycles. The summed E-state index contributed by atoms with van der Waals surface area (Å²) in [6, 6.07) is 11.7. The van der Waals surface area contributed by atoms with E-state index >= 15 is 0 Å². The summed E-state index contributed by atoms with van der Waals surface area (Å²) in [7, 11) is 2.13. The number of morpholine rings is 1. The van der Waals surface area contributed by atoms with Crippen LogP contribution in [0.5, 0.6) is 0 Å². The number of nitrogens with one attached hydrogen (secondary N) is 3. The number of rotatable bonds is 9. The third kappa shape index (κ3) is 8.30. The number of hydrogen-bond acceptors (Lipinski definition) is 11. The van der Waals surface area contributed by atoms with Gasteiger partial charge in [0.1, 0.15) is 18.0 Å². The summed E-state index contributed by atoms with van der Waals surface area (Å²) >= 11 is 0. The van der Waals surface area contributed by atoms with Crippen LogP contribution < -0.4 is 16.1 Å². The van der Waals surface area contributed by atoms with Gasteiger partial charge in [-0.1, -0.05) is 26.8 Å². The van der Waals surface area contributed by atoms with Gasteiger partial charge in [0.25, 0.3) is 5.91 Å². The van der Waals surface area contributed by atoms with Crippen molar-refractivity contribution in [1.29, 1.82) is 0 Å². The molecule has 6 rings (SSSR count). The molecule has 0 saturated carbocycles. The lowest BCUT2D eigenvalue weighted by Crippen LogP contribution is -2.47. The van der Waals surface area contributed by atoms with Crippen molar-refractivity contribution in [1.82, 2.24) is 39.5 Å². The molecule has 1 amide bonds. The molecule has 2 aliphatic rings. The first-order valence-electron chi connectivity index (χ1n) is 16.2. The van der Waals surface area contributed by atoms with E-state index in [1.165, 1.54) is 0 Å². The van der Waals surface area contributed by atoms with Crippen LogP contribution in [0.1, 0.15) is 48.0 Å². The van der Waals surface area contributed by atoms with Crippen LogP contribution in [-0.4, -0.2) is 105 Å². The van der Waals surface area contributed by atoms with E-state index in [1.807, 2.05) is 48.1 Å². The van der Waals surface area contributed by atoms with Crippen LogP contribution >= 0.6 is 0 Å². The minimum Gasteiger partial charge on any atom is -0.379 e. The van der Waals surface area contributed by atoms with Crippen LogP contribution in [0.2, 0.25) is 0 Å². The maximum Gasteiger partial charge on any atom is 0.257 e. The van der Waals surface area contributed by atoms with Gasteiger partial charge in [-0.05, 0) is 48.7 Å². The maximum absolute atomic E-state index is 13.2. The Balaban J connectivity index is 1.25. The Morgan fingerprint density at radius 2 is 1.74 bits per heavy atom. The first-order chi connectivity index (χ1) is 22.6. The van der Waals surface area contributed by atoms with Crippen molar-refractivity contribution in [3.8, 4) is 5.82 Å². The molecular formula is C34H45N11O2. The van der Waals surface area contributed by atoms with Crippen LogP contribution in [0, 0.1) is 6.92 Å². The summed E-state index contributed by atoms with van der Waals surface area (Å²) in [6.07, 6.45) is 4.97. The zero-order chi connectivity index (χ0) is 33.0. The maximum atomic E-state index is 13.2. The summed E-state index contributed by atoms with van der Waals surface area (Å²) < 4.78 is 7.37. The van der Waals surface area contributed by atoms with Gasteiger partial charge in [-0.25, -0.2) is 15.0 Å². The lowest BCUT2D eigenvalue weighted by molar-refractivity contribution is 0.0336. The van der Waals surface area contributed by atoms with E-state index in [2.05, 4.69) is 79.7 Å². The first-order valence-corrected chi connectivity index (χ1v) is 16.2. The molecule has 2 fully saturated rings. The topological polar surface area (TPSA) is 129 Å². The number of aryl methyl sites for hydroxylation is 1. The Bertz CT molecular complexity index is 1690. The van der Waals surface area contributed by atoms with Gasteiger partial charge in [-0.2, -0.15) is 9.78 Å². The van der Waals surface area contributed by atoms with Gasteiger partial charge in [0.2, 0.25) is 0 Å². The Morgan fingerprint density at radius 1 is 0.957 bits per heavy atom. The monoisotopic (exact) mass is 639 g/mol. The fourth-order valence-corrected chi connectivity index (χ4v) is 5.51. The predicted octanol–water partition coefficient (Wildman–Crippen LogP) is 4.07. The summed E-state index contributed by atoms with van der Waals surface area (Å²) in [6.45, 7) is 16.0. The quantitative estimate of drug-likeness (QED) is 0.245. The molecule has 0 radical (unpaired) electrons. The van der Waals surface area contributed by atoms with Crippen molar-refractivity contribution in [3.05, 3.63) is 77.5 Å². The highest BCUT2D eigenvalue weighted by molar-refractivity contribution is 6.04. The summed E-state index contributed by atoms with van der Waals surface area (Å²) in [5, 5.41) is 13.8. The number of likely N-dealkylation sites (N-methyl/N-ethyl adjacent to an activating group) is 1. The van der Waals surface area contributed by atoms with Crippen LogP contribution in [0.3, 0.4) is 0 Å². The molecule has 0 aliphatic carbocycles. The number of carbonyl (C=O) groups is 1. The van der Waals surface area contributed by atoms with Gasteiger partial charge in [0, 0.05) is 81.7 Å². The summed E-state index contributed by atoms with van der Waals surface area (Å²) in [5.41, 5.74) is 8.29. The van der Waals surface area contributed by atoms with E-state index in [-0.39, 0.29) is 11.3 Å². The Kier molecular flexibility index (Phi) is 9.78. The van der Waals surface area contributed by atoms with E-state index in [9.17, 15) is 4.79 Å². The fourth-order valence-electron chi connectivity index (χ4n) is 5.51. The Morgan fingerprint density at radius 3 is 2.51 bits per heavy atom. The summed E-state index contributed by atoms with van der Waals surface area (Å²) in [5.74, 6) is 1.89. The van der Waals surface area contributed by atoms with Crippen molar-refractivity contribution in [2.24, 2.45) is 0 Å². The predicted molar refractivity (Wildman–Crippen MR) is 183 cm³/mol. The first kappa shape index (κ1) is 32.5. The van der Waals surface area contributed by atoms with Crippen molar-refractivity contribution < 1.29 is 9.53 Å². The van der Waals surface area contributed by atoms with E-state index in [1.54, 1.807) is 12.5 Å². The van der Waals surface area contributed by atoms with Gasteiger partial charge in [0.05, 0.1) is 24.5 Å². The number of carbonyl (C=O) groups excluding carboxylic acids is 1. The Hall–Kier alpha value is -4.43. The van der Waals surface area contributed by atoms with Crippen molar-refractivity contribution in [3.63, 3.8) is 0 Å². The van der Waals surface area contributed by atoms with Gasteiger partial charge in [-0.3, -0.25) is 14.7 Å². The van der Waals surface area contributed by atoms with Crippen molar-refractivity contribution >= 4 is 28.9 Å². The molecule has 4 aromatic rings. The van der Waals surface area contributed by atoms with E-state index in [0.717, 1.165) is 67.6 Å². The molecule has 3 aromatic heterocycles. The normalized spacial score (nSPS) is 16.6. The van der Waals surface area contributed by atoms with Gasteiger partial charge in [-0.15, -0.1) is 0 Å². The van der Waals surface area contributed by atoms with Crippen molar-refractivity contribution in [2.75, 3.05) is 75.6 Å². The van der Waals surface area contributed by atoms with Gasteiger partial charge in [0.15, 0.2) is 5.82 Å². The number of anilines is 4. The number of aromatic nitrogens is 5. The molecule has 0 spiro atoms. The number of hydrazine groups is 1. The van der Waals surface area contributed by atoms with Crippen LogP contribution in [0.25, 0.3) is 5.82 Å². The molecule has 13 nitrogen and oxygen atoms in total. The minimum absolute atomic E-state index is 0.112. The number of hydrogen-bond donors (Lipinski definition) is 3. The third-order valence-electron chi connectivity index (χ3n) is 8.52. The number of amides is 1. The van der Waals surface area contributed by atoms with E-state index in [0.29, 0.717) is 42.6 Å². The zero-order valence-corrected chi connectivity index (χ0v) is 28.0. The van der Waals surface area contributed by atoms with E-state index < -0.39 is 0 Å². The molecule has 5 heterocycles. The average molecular weight is 640 g/mol. The molecule has 13 heteroatoms. The minimum atomic E-state index is -0.211. The van der Waals surface area contributed by atoms with Crippen LogP contribution in [-0.2, 0) is 16.7 Å². The highest BCUT2D eigenvalue weighted by Gasteiger charge is 2.20. The number of nitrogens with zero attached hydrogens (tertiary/aromatic N) is 8. The highest BCUT2D eigenvalue weighted by atomic mass is 16.5. The lowest BCUT2D eigenvalue weighted by atomic mass is 9.87. The van der Waals surface area contributed by atoms with E-state index in [4.69, 9.17) is 9.84 Å². The molecule has 0 unspecified atom stereocenters. The van der Waals surface area contributed by atoms with Crippen LogP contribution in [0.4, 0.5) is 23.0 Å². The molecular weight excluding hydrogens is 594 g/mol. The number of ether oxygens (including phenoxy) is 1. The SMILES string of the molecule is Cc1ccc(NC(=O)c2cncc(C(C)(C)C)c2)cc1Nc1cc(CN2CCOCC2)nn1-c1cc(NN2CCN(C)CC2)ncn1. The zero-order valence-electron chi connectivity index (χ0n) is 28.0. The highest BCUT2D eigenvalue weighted by Crippen LogP contribution is 2.28. The molecule has 47 heavy (non-hydrogen) atoms. The molecule has 248 valence electrons. The average Bonchev–Trinajstić information content (AvgIpc) is 3.45. The lowest BCUT2D eigenvalue weighted by Gasteiger charge is -2.32.